The van der Waals surface area contributed by atoms with E-state index in [1.807, 2.05) is 29.6 Å². The van der Waals surface area contributed by atoms with Crippen LogP contribution in [0, 0.1) is 0 Å². The zero-order chi connectivity index (χ0) is 13.1. The molecular weight excluding hydrogens is 314 g/mol. The lowest BCUT2D eigenvalue weighted by Gasteiger charge is -2.17. The van der Waals surface area contributed by atoms with Crippen LogP contribution in [0.25, 0.3) is 0 Å². The van der Waals surface area contributed by atoms with E-state index in [9.17, 15) is 0 Å². The third-order valence-electron chi connectivity index (χ3n) is 2.67. The van der Waals surface area contributed by atoms with Gasteiger partial charge in [-0.3, -0.25) is 0 Å². The van der Waals surface area contributed by atoms with Crippen molar-refractivity contribution >= 4 is 27.3 Å². The molecule has 1 atom stereocenters. The second kappa shape index (κ2) is 5.73. The molecule has 1 aromatic heterocycles. The van der Waals surface area contributed by atoms with Gasteiger partial charge in [-0.1, -0.05) is 6.07 Å². The number of ether oxygens (including phenoxy) is 2. The van der Waals surface area contributed by atoms with Crippen molar-refractivity contribution in [2.75, 3.05) is 14.2 Å². The van der Waals surface area contributed by atoms with Gasteiger partial charge in [-0.15, -0.1) is 11.3 Å². The van der Waals surface area contributed by atoms with Crippen LogP contribution in [0.3, 0.4) is 0 Å². The van der Waals surface area contributed by atoms with E-state index in [2.05, 4.69) is 15.9 Å². The number of rotatable bonds is 4. The average Bonchev–Trinajstić information content (AvgIpc) is 2.83. The van der Waals surface area contributed by atoms with Gasteiger partial charge in [-0.25, -0.2) is 0 Å². The van der Waals surface area contributed by atoms with E-state index in [0.29, 0.717) is 0 Å². The van der Waals surface area contributed by atoms with Crippen molar-refractivity contribution < 1.29 is 9.47 Å². The Hall–Kier alpha value is -1.04. The summed E-state index contributed by atoms with van der Waals surface area (Å²) < 4.78 is 11.8. The van der Waals surface area contributed by atoms with Crippen LogP contribution in [0.4, 0.5) is 0 Å². The summed E-state index contributed by atoms with van der Waals surface area (Å²) in [5, 5.41) is 2.01. The van der Waals surface area contributed by atoms with Crippen LogP contribution in [-0.4, -0.2) is 14.2 Å². The third kappa shape index (κ3) is 2.53. The Balaban J connectivity index is 2.48. The van der Waals surface area contributed by atoms with E-state index in [1.54, 1.807) is 25.6 Å². The van der Waals surface area contributed by atoms with Crippen LogP contribution in [0.2, 0.25) is 0 Å². The molecule has 0 fully saturated rings. The molecule has 2 aromatic rings. The van der Waals surface area contributed by atoms with Gasteiger partial charge in [0.25, 0.3) is 0 Å². The van der Waals surface area contributed by atoms with E-state index in [4.69, 9.17) is 15.2 Å². The predicted molar refractivity (Wildman–Crippen MR) is 77.6 cm³/mol. The Labute approximate surface area is 119 Å². The van der Waals surface area contributed by atoms with Crippen LogP contribution in [0.1, 0.15) is 16.5 Å². The maximum absolute atomic E-state index is 6.31. The van der Waals surface area contributed by atoms with Crippen LogP contribution in [-0.2, 0) is 0 Å². The Morgan fingerprint density at radius 2 is 1.83 bits per heavy atom. The van der Waals surface area contributed by atoms with Gasteiger partial charge in [0, 0.05) is 14.7 Å². The SMILES string of the molecule is COc1cccc(OC)c1C(N)c1cc(Br)cs1. The van der Waals surface area contributed by atoms with Crippen molar-refractivity contribution in [1.29, 1.82) is 0 Å². The Morgan fingerprint density at radius 3 is 2.28 bits per heavy atom. The van der Waals surface area contributed by atoms with Crippen LogP contribution < -0.4 is 15.2 Å². The largest absolute Gasteiger partial charge is 0.496 e. The van der Waals surface area contributed by atoms with Crippen molar-refractivity contribution in [3.8, 4) is 11.5 Å². The minimum absolute atomic E-state index is 0.257. The molecule has 3 nitrogen and oxygen atoms in total. The highest BCUT2D eigenvalue weighted by Crippen LogP contribution is 2.38. The Kier molecular flexibility index (Phi) is 4.27. The summed E-state index contributed by atoms with van der Waals surface area (Å²) in [5.74, 6) is 1.48. The zero-order valence-corrected chi connectivity index (χ0v) is 12.5. The molecule has 0 saturated heterocycles. The van der Waals surface area contributed by atoms with E-state index in [1.165, 1.54) is 0 Å². The fourth-order valence-corrected chi connectivity index (χ4v) is 3.27. The summed E-state index contributed by atoms with van der Waals surface area (Å²) in [5.41, 5.74) is 7.18. The van der Waals surface area contributed by atoms with Gasteiger partial charge in [0.15, 0.2) is 0 Å². The Morgan fingerprint density at radius 1 is 1.22 bits per heavy atom. The van der Waals surface area contributed by atoms with Gasteiger partial charge in [-0.05, 0) is 34.1 Å². The van der Waals surface area contributed by atoms with E-state index in [0.717, 1.165) is 26.4 Å². The smallest absolute Gasteiger partial charge is 0.127 e. The second-order valence-corrected chi connectivity index (χ2v) is 5.58. The summed E-state index contributed by atoms with van der Waals surface area (Å²) in [6.45, 7) is 0. The highest BCUT2D eigenvalue weighted by atomic mass is 79.9. The topological polar surface area (TPSA) is 44.5 Å². The molecule has 2 rings (SSSR count). The monoisotopic (exact) mass is 327 g/mol. The van der Waals surface area contributed by atoms with Gasteiger partial charge in [-0.2, -0.15) is 0 Å². The fraction of sp³-hybridized carbons (Fsp3) is 0.231. The first-order chi connectivity index (χ1) is 8.67. The maximum Gasteiger partial charge on any atom is 0.127 e. The first-order valence-corrected chi connectivity index (χ1v) is 7.05. The summed E-state index contributed by atoms with van der Waals surface area (Å²) >= 11 is 5.04. The highest BCUT2D eigenvalue weighted by molar-refractivity contribution is 9.10. The fourth-order valence-electron chi connectivity index (χ4n) is 1.82. The minimum atomic E-state index is -0.257. The Bertz CT molecular complexity index is 519. The van der Waals surface area contributed by atoms with Crippen molar-refractivity contribution in [2.45, 2.75) is 6.04 Å². The quantitative estimate of drug-likeness (QED) is 0.933. The summed E-state index contributed by atoms with van der Waals surface area (Å²) in [4.78, 5) is 1.06. The lowest BCUT2D eigenvalue weighted by atomic mass is 10.0. The average molecular weight is 328 g/mol. The number of benzene rings is 1. The molecule has 5 heteroatoms. The molecule has 96 valence electrons. The van der Waals surface area contributed by atoms with Crippen molar-refractivity contribution in [3.63, 3.8) is 0 Å². The summed E-state index contributed by atoms with van der Waals surface area (Å²) in [6, 6.07) is 7.42. The molecule has 0 aliphatic carbocycles. The molecule has 0 amide bonds. The third-order valence-corrected chi connectivity index (χ3v) is 4.45. The number of hydrogen-bond donors (Lipinski definition) is 1. The summed E-state index contributed by atoms with van der Waals surface area (Å²) in [6.07, 6.45) is 0. The highest BCUT2D eigenvalue weighted by Gasteiger charge is 2.20. The molecular formula is C13H14BrNO2S. The zero-order valence-electron chi connectivity index (χ0n) is 10.1. The number of thiophene rings is 1. The molecule has 0 radical (unpaired) electrons. The number of methoxy groups -OCH3 is 2. The lowest BCUT2D eigenvalue weighted by Crippen LogP contribution is -2.13. The van der Waals surface area contributed by atoms with E-state index >= 15 is 0 Å². The maximum atomic E-state index is 6.31. The number of nitrogens with two attached hydrogens (primary N) is 1. The molecule has 0 spiro atoms. The molecule has 0 aliphatic rings. The molecule has 1 unspecified atom stereocenters. The van der Waals surface area contributed by atoms with Gasteiger partial charge in [0.1, 0.15) is 11.5 Å². The molecule has 1 aromatic carbocycles. The predicted octanol–water partition coefficient (Wildman–Crippen LogP) is 3.58. The van der Waals surface area contributed by atoms with Crippen LogP contribution >= 0.6 is 27.3 Å². The lowest BCUT2D eigenvalue weighted by molar-refractivity contribution is 0.382. The summed E-state index contributed by atoms with van der Waals surface area (Å²) in [7, 11) is 3.27. The van der Waals surface area contributed by atoms with Crippen LogP contribution in [0.15, 0.2) is 34.1 Å². The van der Waals surface area contributed by atoms with Crippen molar-refractivity contribution in [3.05, 3.63) is 44.6 Å². The van der Waals surface area contributed by atoms with Gasteiger partial charge in [0.2, 0.25) is 0 Å². The van der Waals surface area contributed by atoms with Gasteiger partial charge >= 0.3 is 0 Å². The van der Waals surface area contributed by atoms with Crippen molar-refractivity contribution in [2.24, 2.45) is 5.73 Å². The molecule has 0 saturated carbocycles. The first kappa shape index (κ1) is 13.4. The number of hydrogen-bond acceptors (Lipinski definition) is 4. The molecule has 2 N–H and O–H groups in total. The van der Waals surface area contributed by atoms with Crippen molar-refractivity contribution in [1.82, 2.24) is 0 Å². The number of halogens is 1. The first-order valence-electron chi connectivity index (χ1n) is 5.37. The molecule has 0 aliphatic heterocycles. The van der Waals surface area contributed by atoms with E-state index < -0.39 is 0 Å². The normalized spacial score (nSPS) is 12.2. The van der Waals surface area contributed by atoms with Gasteiger partial charge in [0.05, 0.1) is 25.8 Å². The van der Waals surface area contributed by atoms with E-state index in [-0.39, 0.29) is 6.04 Å². The second-order valence-electron chi connectivity index (χ2n) is 3.72. The molecule has 18 heavy (non-hydrogen) atoms. The standard InChI is InChI=1S/C13H14BrNO2S/c1-16-9-4-3-5-10(17-2)12(9)13(15)11-6-8(14)7-18-11/h3-7,13H,15H2,1-2H3. The minimum Gasteiger partial charge on any atom is -0.496 e. The van der Waals surface area contributed by atoms with Crippen LogP contribution in [0.5, 0.6) is 11.5 Å². The van der Waals surface area contributed by atoms with Gasteiger partial charge < -0.3 is 15.2 Å². The molecule has 0 bridgehead atoms. The molecule has 1 heterocycles.